The molecule has 3 rings (SSSR count). The van der Waals surface area contributed by atoms with Crippen molar-refractivity contribution in [1.29, 1.82) is 0 Å². The number of hydrogen-bond acceptors (Lipinski definition) is 7. The van der Waals surface area contributed by atoms with Gasteiger partial charge in [0, 0.05) is 36.5 Å². The number of hydrogen-bond donors (Lipinski definition) is 1. The molecule has 0 saturated carbocycles. The first-order chi connectivity index (χ1) is 10.2. The van der Waals surface area contributed by atoms with E-state index in [1.54, 1.807) is 12.4 Å². The summed E-state index contributed by atoms with van der Waals surface area (Å²) in [6.07, 6.45) is 3.38. The van der Waals surface area contributed by atoms with Crippen LogP contribution in [-0.4, -0.2) is 52.9 Å². The minimum absolute atomic E-state index is 0.277. The minimum Gasteiger partial charge on any atom is -0.379 e. The highest BCUT2D eigenvalue weighted by Gasteiger charge is 2.20. The molecule has 0 radical (unpaired) electrons. The van der Waals surface area contributed by atoms with Gasteiger partial charge in [0.2, 0.25) is 0 Å². The number of rotatable bonds is 4. The normalized spacial score (nSPS) is 17.8. The molecule has 1 aliphatic heterocycles. The molecule has 0 amide bonds. The lowest BCUT2D eigenvalue weighted by atomic mass is 10.2. The molecular formula is C13H16BrN5O2. The van der Waals surface area contributed by atoms with Crippen molar-refractivity contribution in [3.05, 3.63) is 28.8 Å². The summed E-state index contributed by atoms with van der Waals surface area (Å²) >= 11 is 3.37. The predicted octanol–water partition coefficient (Wildman–Crippen LogP) is 1.23. The lowest BCUT2D eigenvalue weighted by Gasteiger charge is -2.27. The van der Waals surface area contributed by atoms with Crippen LogP contribution in [0, 0.1) is 0 Å². The van der Waals surface area contributed by atoms with Crippen molar-refractivity contribution >= 4 is 15.9 Å². The number of nitrogens with zero attached hydrogens (tertiary/aromatic N) is 4. The van der Waals surface area contributed by atoms with Gasteiger partial charge in [-0.3, -0.25) is 9.88 Å². The van der Waals surface area contributed by atoms with Gasteiger partial charge in [0.05, 0.1) is 24.8 Å². The number of halogens is 1. The van der Waals surface area contributed by atoms with Gasteiger partial charge in [0.25, 0.3) is 5.89 Å². The molecule has 2 N–H and O–H groups in total. The summed E-state index contributed by atoms with van der Waals surface area (Å²) < 4.78 is 11.4. The van der Waals surface area contributed by atoms with Gasteiger partial charge < -0.3 is 15.0 Å². The smallest absolute Gasteiger partial charge is 0.259 e. The first-order valence-electron chi connectivity index (χ1n) is 6.72. The van der Waals surface area contributed by atoms with Gasteiger partial charge in [-0.1, -0.05) is 5.16 Å². The third kappa shape index (κ3) is 3.65. The zero-order chi connectivity index (χ0) is 14.7. The van der Waals surface area contributed by atoms with Crippen LogP contribution in [0.1, 0.15) is 11.9 Å². The highest BCUT2D eigenvalue weighted by Crippen LogP contribution is 2.21. The Morgan fingerprint density at radius 3 is 2.90 bits per heavy atom. The summed E-state index contributed by atoms with van der Waals surface area (Å²) in [5.74, 6) is 0.938. The van der Waals surface area contributed by atoms with E-state index in [-0.39, 0.29) is 6.04 Å². The Balaban J connectivity index is 1.69. The molecule has 1 unspecified atom stereocenters. The van der Waals surface area contributed by atoms with E-state index < -0.39 is 0 Å². The van der Waals surface area contributed by atoms with Crippen molar-refractivity contribution in [1.82, 2.24) is 20.0 Å². The second-order valence-electron chi connectivity index (χ2n) is 4.87. The van der Waals surface area contributed by atoms with Crippen molar-refractivity contribution < 1.29 is 9.26 Å². The van der Waals surface area contributed by atoms with Gasteiger partial charge in [-0.05, 0) is 22.0 Å². The molecule has 21 heavy (non-hydrogen) atoms. The molecule has 1 saturated heterocycles. The fourth-order valence-corrected chi connectivity index (χ4v) is 2.54. The van der Waals surface area contributed by atoms with Crippen LogP contribution in [0.25, 0.3) is 11.5 Å². The van der Waals surface area contributed by atoms with Gasteiger partial charge in [0.15, 0.2) is 5.82 Å². The maximum atomic E-state index is 6.15. The SMILES string of the molecule is NC(CN1CCOCC1)c1noc(-c2cncc(Br)c2)n1. The molecule has 2 aromatic heterocycles. The van der Waals surface area contributed by atoms with E-state index in [2.05, 4.69) is 36.0 Å². The number of aromatic nitrogens is 3. The van der Waals surface area contributed by atoms with Crippen LogP contribution in [0.3, 0.4) is 0 Å². The molecule has 0 aromatic carbocycles. The van der Waals surface area contributed by atoms with E-state index in [4.69, 9.17) is 15.0 Å². The molecule has 1 aliphatic rings. The number of ether oxygens (including phenoxy) is 1. The second kappa shape index (κ2) is 6.61. The second-order valence-corrected chi connectivity index (χ2v) is 5.78. The number of morpholine rings is 1. The summed E-state index contributed by atoms with van der Waals surface area (Å²) in [5.41, 5.74) is 6.92. The molecule has 0 bridgehead atoms. The Labute approximate surface area is 130 Å². The third-order valence-corrected chi connectivity index (χ3v) is 3.72. The molecule has 1 fully saturated rings. The molecule has 0 aliphatic carbocycles. The summed E-state index contributed by atoms with van der Waals surface area (Å²) in [4.78, 5) is 10.7. The zero-order valence-corrected chi connectivity index (χ0v) is 13.0. The molecule has 7 nitrogen and oxygen atoms in total. The Kier molecular flexibility index (Phi) is 4.59. The van der Waals surface area contributed by atoms with Crippen LogP contribution in [0.5, 0.6) is 0 Å². The van der Waals surface area contributed by atoms with Crippen LogP contribution < -0.4 is 5.73 Å². The monoisotopic (exact) mass is 353 g/mol. The van der Waals surface area contributed by atoms with Crippen molar-refractivity contribution in [3.8, 4) is 11.5 Å². The first-order valence-corrected chi connectivity index (χ1v) is 7.52. The topological polar surface area (TPSA) is 90.3 Å². The van der Waals surface area contributed by atoms with E-state index in [1.165, 1.54) is 0 Å². The first kappa shape index (κ1) is 14.6. The summed E-state index contributed by atoms with van der Waals surface area (Å²) in [7, 11) is 0. The minimum atomic E-state index is -0.277. The quantitative estimate of drug-likeness (QED) is 0.883. The van der Waals surface area contributed by atoms with Crippen LogP contribution in [-0.2, 0) is 4.74 Å². The van der Waals surface area contributed by atoms with Crippen LogP contribution >= 0.6 is 15.9 Å². The zero-order valence-electron chi connectivity index (χ0n) is 11.4. The molecule has 0 spiro atoms. The Hall–Kier alpha value is -1.35. The molecule has 1 atom stereocenters. The Bertz CT molecular complexity index is 600. The predicted molar refractivity (Wildman–Crippen MR) is 79.4 cm³/mol. The summed E-state index contributed by atoms with van der Waals surface area (Å²) in [6, 6.07) is 1.60. The van der Waals surface area contributed by atoms with Gasteiger partial charge in [-0.2, -0.15) is 4.98 Å². The van der Waals surface area contributed by atoms with Crippen molar-refractivity contribution in [2.45, 2.75) is 6.04 Å². The van der Waals surface area contributed by atoms with Crippen LogP contribution in [0.4, 0.5) is 0 Å². The van der Waals surface area contributed by atoms with Gasteiger partial charge in [0.1, 0.15) is 0 Å². The largest absolute Gasteiger partial charge is 0.379 e. The van der Waals surface area contributed by atoms with E-state index in [0.29, 0.717) is 18.3 Å². The number of nitrogens with two attached hydrogens (primary N) is 1. The molecule has 3 heterocycles. The fourth-order valence-electron chi connectivity index (χ4n) is 2.18. The molecule has 8 heteroatoms. The number of pyridine rings is 1. The fraction of sp³-hybridized carbons (Fsp3) is 0.462. The lowest BCUT2D eigenvalue weighted by Crippen LogP contribution is -2.40. The average Bonchev–Trinajstić information content (AvgIpc) is 2.98. The highest BCUT2D eigenvalue weighted by molar-refractivity contribution is 9.10. The van der Waals surface area contributed by atoms with Crippen molar-refractivity contribution in [2.75, 3.05) is 32.8 Å². The van der Waals surface area contributed by atoms with E-state index in [1.807, 2.05) is 6.07 Å². The molecular weight excluding hydrogens is 338 g/mol. The van der Waals surface area contributed by atoms with Gasteiger partial charge in [-0.15, -0.1) is 0 Å². The molecule has 112 valence electrons. The highest BCUT2D eigenvalue weighted by atomic mass is 79.9. The van der Waals surface area contributed by atoms with Crippen LogP contribution in [0.15, 0.2) is 27.5 Å². The van der Waals surface area contributed by atoms with Crippen LogP contribution in [0.2, 0.25) is 0 Å². The van der Waals surface area contributed by atoms with Crippen molar-refractivity contribution in [3.63, 3.8) is 0 Å². The van der Waals surface area contributed by atoms with E-state index in [0.717, 1.165) is 36.3 Å². The maximum absolute atomic E-state index is 6.15. The average molecular weight is 354 g/mol. The maximum Gasteiger partial charge on any atom is 0.259 e. The summed E-state index contributed by atoms with van der Waals surface area (Å²) in [6.45, 7) is 3.95. The van der Waals surface area contributed by atoms with Crippen molar-refractivity contribution in [2.24, 2.45) is 5.73 Å². The Morgan fingerprint density at radius 1 is 1.33 bits per heavy atom. The molecule has 2 aromatic rings. The van der Waals surface area contributed by atoms with Gasteiger partial charge >= 0.3 is 0 Å². The lowest BCUT2D eigenvalue weighted by molar-refractivity contribution is 0.0348. The third-order valence-electron chi connectivity index (χ3n) is 3.28. The standard InChI is InChI=1S/C13H16BrN5O2/c14-10-5-9(6-16-7-10)13-17-12(18-21-13)11(15)8-19-1-3-20-4-2-19/h5-7,11H,1-4,8,15H2. The Morgan fingerprint density at radius 2 is 2.14 bits per heavy atom. The van der Waals surface area contributed by atoms with E-state index >= 15 is 0 Å². The summed E-state index contributed by atoms with van der Waals surface area (Å²) in [5, 5.41) is 3.98. The van der Waals surface area contributed by atoms with E-state index in [9.17, 15) is 0 Å². The van der Waals surface area contributed by atoms with Gasteiger partial charge in [-0.25, -0.2) is 0 Å².